The SMILES string of the molecule is COc1cc(NC(=O)COC(=O)/C=C/c2cccc3cccnc23)cc(OC)c1OC. The lowest BCUT2D eigenvalue weighted by atomic mass is 10.1. The number of hydrogen-bond acceptors (Lipinski definition) is 7. The van der Waals surface area contributed by atoms with Crippen LogP contribution in [0.15, 0.2) is 54.7 Å². The minimum absolute atomic E-state index is 0.390. The number of benzene rings is 2. The molecular formula is C23H22N2O6. The van der Waals surface area contributed by atoms with Crippen molar-refractivity contribution in [3.8, 4) is 17.2 Å². The highest BCUT2D eigenvalue weighted by atomic mass is 16.5. The summed E-state index contributed by atoms with van der Waals surface area (Å²) in [6, 6.07) is 12.6. The average molecular weight is 422 g/mol. The maximum Gasteiger partial charge on any atom is 0.331 e. The van der Waals surface area contributed by atoms with Crippen LogP contribution < -0.4 is 19.5 Å². The van der Waals surface area contributed by atoms with Gasteiger partial charge in [0.2, 0.25) is 5.75 Å². The molecule has 8 nitrogen and oxygen atoms in total. The van der Waals surface area contributed by atoms with E-state index in [0.717, 1.165) is 16.5 Å². The van der Waals surface area contributed by atoms with Gasteiger partial charge in [-0.25, -0.2) is 4.79 Å². The summed E-state index contributed by atoms with van der Waals surface area (Å²) in [5.41, 5.74) is 1.96. The molecule has 8 heteroatoms. The second-order valence-corrected chi connectivity index (χ2v) is 6.33. The highest BCUT2D eigenvalue weighted by molar-refractivity contribution is 5.96. The summed E-state index contributed by atoms with van der Waals surface area (Å²) in [6.45, 7) is -0.451. The Morgan fingerprint density at radius 3 is 2.39 bits per heavy atom. The van der Waals surface area contributed by atoms with Gasteiger partial charge in [0.1, 0.15) is 0 Å². The predicted molar refractivity (Wildman–Crippen MR) is 116 cm³/mol. The molecule has 31 heavy (non-hydrogen) atoms. The van der Waals surface area contributed by atoms with E-state index in [9.17, 15) is 9.59 Å². The Balaban J connectivity index is 1.60. The Bertz CT molecular complexity index is 1100. The number of hydrogen-bond donors (Lipinski definition) is 1. The van der Waals surface area contributed by atoms with Crippen LogP contribution in [0.3, 0.4) is 0 Å². The Kier molecular flexibility index (Phi) is 7.05. The minimum Gasteiger partial charge on any atom is -0.493 e. The number of anilines is 1. The van der Waals surface area contributed by atoms with E-state index in [2.05, 4.69) is 10.3 Å². The second kappa shape index (κ2) is 10.1. The molecule has 0 bridgehead atoms. The number of rotatable bonds is 8. The first-order valence-electron chi connectivity index (χ1n) is 9.34. The van der Waals surface area contributed by atoms with Crippen molar-refractivity contribution >= 4 is 34.5 Å². The van der Waals surface area contributed by atoms with Gasteiger partial charge in [0.05, 0.1) is 26.8 Å². The van der Waals surface area contributed by atoms with E-state index in [0.29, 0.717) is 22.9 Å². The summed E-state index contributed by atoms with van der Waals surface area (Å²) in [7, 11) is 4.44. The zero-order chi connectivity index (χ0) is 22.2. The van der Waals surface area contributed by atoms with Crippen molar-refractivity contribution in [2.45, 2.75) is 0 Å². The normalized spacial score (nSPS) is 10.7. The Hall–Kier alpha value is -4.07. The van der Waals surface area contributed by atoms with Gasteiger partial charge in [0.15, 0.2) is 18.1 Å². The molecule has 1 heterocycles. The number of esters is 1. The van der Waals surface area contributed by atoms with E-state index in [1.54, 1.807) is 24.4 Å². The Labute approximate surface area is 179 Å². The van der Waals surface area contributed by atoms with Crippen molar-refractivity contribution in [3.05, 3.63) is 60.3 Å². The topological polar surface area (TPSA) is 96.0 Å². The largest absolute Gasteiger partial charge is 0.493 e. The Morgan fingerprint density at radius 2 is 1.71 bits per heavy atom. The quantitative estimate of drug-likeness (QED) is 0.439. The number of pyridine rings is 1. The van der Waals surface area contributed by atoms with E-state index in [-0.39, 0.29) is 0 Å². The fourth-order valence-corrected chi connectivity index (χ4v) is 2.96. The van der Waals surface area contributed by atoms with Gasteiger partial charge in [-0.3, -0.25) is 9.78 Å². The van der Waals surface area contributed by atoms with Crippen LogP contribution in [0.5, 0.6) is 17.2 Å². The molecule has 0 saturated carbocycles. The van der Waals surface area contributed by atoms with Crippen molar-refractivity contribution in [3.63, 3.8) is 0 Å². The molecule has 0 atom stereocenters. The lowest BCUT2D eigenvalue weighted by Crippen LogP contribution is -2.20. The fraction of sp³-hybridized carbons (Fsp3) is 0.174. The van der Waals surface area contributed by atoms with Crippen LogP contribution in [-0.4, -0.2) is 44.8 Å². The third kappa shape index (κ3) is 5.30. The van der Waals surface area contributed by atoms with Gasteiger partial charge >= 0.3 is 5.97 Å². The average Bonchev–Trinajstić information content (AvgIpc) is 2.80. The number of carbonyl (C=O) groups excluding carboxylic acids is 2. The molecule has 0 unspecified atom stereocenters. The molecule has 0 radical (unpaired) electrons. The maximum atomic E-state index is 12.2. The highest BCUT2D eigenvalue weighted by Crippen LogP contribution is 2.39. The number of fused-ring (bicyclic) bond motifs is 1. The first-order chi connectivity index (χ1) is 15.0. The first-order valence-corrected chi connectivity index (χ1v) is 9.34. The number of aromatic nitrogens is 1. The monoisotopic (exact) mass is 422 g/mol. The van der Waals surface area contributed by atoms with Crippen molar-refractivity contribution in [2.24, 2.45) is 0 Å². The predicted octanol–water partition coefficient (Wildman–Crippen LogP) is 3.46. The summed E-state index contributed by atoms with van der Waals surface area (Å²) in [5.74, 6) is 0.0277. The molecule has 0 aliphatic heterocycles. The molecule has 1 aromatic heterocycles. The van der Waals surface area contributed by atoms with Crippen LogP contribution in [0.25, 0.3) is 17.0 Å². The van der Waals surface area contributed by atoms with E-state index >= 15 is 0 Å². The molecule has 0 fully saturated rings. The number of carbonyl (C=O) groups is 2. The standard InChI is InChI=1S/C23H22N2O6/c1-28-18-12-17(13-19(29-2)23(18)30-3)25-20(26)14-31-21(27)10-9-16-7-4-6-15-8-5-11-24-22(15)16/h4-13H,14H2,1-3H3,(H,25,26)/b10-9+. The van der Waals surface area contributed by atoms with Crippen LogP contribution in [0.2, 0.25) is 0 Å². The van der Waals surface area contributed by atoms with Crippen LogP contribution >= 0.6 is 0 Å². The number of nitrogens with one attached hydrogen (secondary N) is 1. The summed E-state index contributed by atoms with van der Waals surface area (Å²) in [4.78, 5) is 28.5. The van der Waals surface area contributed by atoms with Gasteiger partial charge in [0, 0.05) is 41.0 Å². The molecule has 0 saturated heterocycles. The summed E-state index contributed by atoms with van der Waals surface area (Å²) in [5, 5.41) is 3.59. The van der Waals surface area contributed by atoms with E-state index < -0.39 is 18.5 Å². The van der Waals surface area contributed by atoms with E-state index in [1.165, 1.54) is 27.4 Å². The number of para-hydroxylation sites is 1. The fourth-order valence-electron chi connectivity index (χ4n) is 2.96. The zero-order valence-corrected chi connectivity index (χ0v) is 17.4. The Morgan fingerprint density at radius 1 is 1.00 bits per heavy atom. The maximum absolute atomic E-state index is 12.2. The van der Waals surface area contributed by atoms with Crippen LogP contribution in [-0.2, 0) is 14.3 Å². The molecule has 0 aliphatic rings. The number of nitrogens with zero attached hydrogens (tertiary/aromatic N) is 1. The highest BCUT2D eigenvalue weighted by Gasteiger charge is 2.15. The lowest BCUT2D eigenvalue weighted by Gasteiger charge is -2.14. The van der Waals surface area contributed by atoms with Gasteiger partial charge in [-0.1, -0.05) is 24.3 Å². The van der Waals surface area contributed by atoms with Crippen molar-refractivity contribution in [1.82, 2.24) is 4.98 Å². The van der Waals surface area contributed by atoms with Gasteiger partial charge in [-0.15, -0.1) is 0 Å². The van der Waals surface area contributed by atoms with Crippen molar-refractivity contribution in [2.75, 3.05) is 33.3 Å². The summed E-state index contributed by atoms with van der Waals surface area (Å²) < 4.78 is 20.8. The smallest absolute Gasteiger partial charge is 0.331 e. The number of methoxy groups -OCH3 is 3. The second-order valence-electron chi connectivity index (χ2n) is 6.33. The molecular weight excluding hydrogens is 400 g/mol. The molecule has 3 rings (SSSR count). The van der Waals surface area contributed by atoms with Gasteiger partial charge in [-0.2, -0.15) is 0 Å². The number of ether oxygens (including phenoxy) is 4. The zero-order valence-electron chi connectivity index (χ0n) is 17.4. The minimum atomic E-state index is -0.645. The van der Waals surface area contributed by atoms with Crippen LogP contribution in [0.4, 0.5) is 5.69 Å². The molecule has 1 amide bonds. The lowest BCUT2D eigenvalue weighted by molar-refractivity contribution is -0.142. The summed E-state index contributed by atoms with van der Waals surface area (Å²) in [6.07, 6.45) is 4.55. The third-order valence-electron chi connectivity index (χ3n) is 4.36. The summed E-state index contributed by atoms with van der Waals surface area (Å²) >= 11 is 0. The molecule has 0 aliphatic carbocycles. The molecule has 2 aromatic carbocycles. The third-order valence-corrected chi connectivity index (χ3v) is 4.36. The van der Waals surface area contributed by atoms with Gasteiger partial charge in [0.25, 0.3) is 5.91 Å². The first kappa shape index (κ1) is 21.6. The van der Waals surface area contributed by atoms with E-state index in [1.807, 2.05) is 30.3 Å². The van der Waals surface area contributed by atoms with Crippen molar-refractivity contribution < 1.29 is 28.5 Å². The van der Waals surface area contributed by atoms with Gasteiger partial charge < -0.3 is 24.3 Å². The van der Waals surface area contributed by atoms with Crippen LogP contribution in [0, 0.1) is 0 Å². The van der Waals surface area contributed by atoms with Crippen molar-refractivity contribution in [1.29, 1.82) is 0 Å². The van der Waals surface area contributed by atoms with E-state index in [4.69, 9.17) is 18.9 Å². The molecule has 0 spiro atoms. The van der Waals surface area contributed by atoms with Gasteiger partial charge in [-0.05, 0) is 12.1 Å². The molecule has 1 N–H and O–H groups in total. The molecule has 160 valence electrons. The molecule has 3 aromatic rings. The number of amides is 1. The van der Waals surface area contributed by atoms with Crippen LogP contribution in [0.1, 0.15) is 5.56 Å².